The van der Waals surface area contributed by atoms with Gasteiger partial charge < -0.3 is 9.84 Å². The van der Waals surface area contributed by atoms with E-state index in [9.17, 15) is 9.90 Å². The van der Waals surface area contributed by atoms with Crippen LogP contribution in [0, 0.1) is 40.4 Å². The fourth-order valence-corrected chi connectivity index (χ4v) is 8.59. The number of aliphatic hydroxyl groups excluding tert-OH is 1. The van der Waals surface area contributed by atoms with Gasteiger partial charge in [0.1, 0.15) is 5.78 Å². The van der Waals surface area contributed by atoms with Crippen LogP contribution in [0.15, 0.2) is 0 Å². The van der Waals surface area contributed by atoms with Crippen LogP contribution in [0.1, 0.15) is 64.7 Å². The molecule has 0 radical (unpaired) electrons. The normalized spacial score (nSPS) is 50.6. The predicted molar refractivity (Wildman–Crippen MR) is 106 cm³/mol. The zero-order valence-corrected chi connectivity index (χ0v) is 18.0. The van der Waals surface area contributed by atoms with Crippen molar-refractivity contribution in [2.24, 2.45) is 40.4 Å². The number of alkyl halides is 1. The first kappa shape index (κ1) is 19.4. The van der Waals surface area contributed by atoms with Crippen LogP contribution in [0.5, 0.6) is 0 Å². The number of halogens is 1. The van der Waals surface area contributed by atoms with Crippen LogP contribution in [-0.2, 0) is 9.53 Å². The number of carbonyl (C=O) groups excluding carboxylic acids is 1. The number of rotatable bonds is 4. The van der Waals surface area contributed by atoms with Crippen molar-refractivity contribution in [2.75, 3.05) is 19.0 Å². The second-order valence-electron chi connectivity index (χ2n) is 10.0. The highest BCUT2D eigenvalue weighted by Gasteiger charge is 2.62. The van der Waals surface area contributed by atoms with Crippen molar-refractivity contribution < 1.29 is 14.6 Å². The molecule has 4 heteroatoms. The lowest BCUT2D eigenvalue weighted by Crippen LogP contribution is -2.57. The Morgan fingerprint density at radius 2 is 1.92 bits per heavy atom. The van der Waals surface area contributed by atoms with Crippen LogP contribution < -0.4 is 0 Å². The van der Waals surface area contributed by atoms with E-state index in [0.29, 0.717) is 22.9 Å². The van der Waals surface area contributed by atoms with E-state index >= 15 is 0 Å². The lowest BCUT2D eigenvalue weighted by atomic mass is 9.44. The first-order valence-electron chi connectivity index (χ1n) is 10.7. The summed E-state index contributed by atoms with van der Waals surface area (Å²) in [6.45, 7) is 3.28. The summed E-state index contributed by atoms with van der Waals surface area (Å²) in [7, 11) is 1.85. The summed E-state index contributed by atoms with van der Waals surface area (Å²) in [6.07, 6.45) is 10.2. The minimum atomic E-state index is -0.109. The zero-order chi connectivity index (χ0) is 18.5. The first-order chi connectivity index (χ1) is 12.5. The monoisotopic (exact) mass is 426 g/mol. The molecule has 1 N–H and O–H groups in total. The average molecular weight is 427 g/mol. The molecule has 0 bridgehead atoms. The Labute approximate surface area is 166 Å². The van der Waals surface area contributed by atoms with Gasteiger partial charge in [0.2, 0.25) is 0 Å². The summed E-state index contributed by atoms with van der Waals surface area (Å²) in [5.41, 5.74) is 0.483. The van der Waals surface area contributed by atoms with Crippen molar-refractivity contribution in [3.8, 4) is 0 Å². The summed E-state index contributed by atoms with van der Waals surface area (Å²) < 4.78 is 5.80. The van der Waals surface area contributed by atoms with Crippen LogP contribution in [0.2, 0.25) is 0 Å². The van der Waals surface area contributed by atoms with Gasteiger partial charge >= 0.3 is 0 Å². The fraction of sp³-hybridized carbons (Fsp3) is 0.955. The second-order valence-corrected chi connectivity index (χ2v) is 10.6. The Kier molecular flexibility index (Phi) is 5.33. The van der Waals surface area contributed by atoms with Crippen molar-refractivity contribution in [1.29, 1.82) is 0 Å². The number of ketones is 1. The molecule has 0 aliphatic heterocycles. The standard InChI is InChI=1S/C22H35BrO3/c1-21-9-8-18-16(17(21)5-6-19(21)20(25)12-23)4-3-14-11-15(24)7-10-22(14,18)13-26-2/h14-19,24H,3-13H2,1-2H3/t14-,15+,16-,17-,18-,19+,21-,22+/m0/s1. The molecule has 8 atom stereocenters. The van der Waals surface area contributed by atoms with Crippen molar-refractivity contribution >= 4 is 21.7 Å². The first-order valence-corrected chi connectivity index (χ1v) is 11.8. The average Bonchev–Trinajstić information content (AvgIpc) is 2.99. The molecule has 0 unspecified atom stereocenters. The molecule has 4 aliphatic rings. The molecule has 4 saturated carbocycles. The van der Waals surface area contributed by atoms with E-state index in [1.807, 2.05) is 7.11 Å². The maximum Gasteiger partial charge on any atom is 0.147 e. The SMILES string of the molecule is COC[C@]12CC[C@@H](O)C[C@@H]1CC[C@H]1[C@@H]3CC[C@H](C(=O)CBr)[C@@]3(C)CC[C@@H]12. The van der Waals surface area contributed by atoms with Gasteiger partial charge in [-0.05, 0) is 92.3 Å². The third-order valence-corrected chi connectivity index (χ3v) is 9.82. The molecule has 0 heterocycles. The number of methoxy groups -OCH3 is 1. The quantitative estimate of drug-likeness (QED) is 0.668. The molecule has 0 aromatic heterocycles. The number of carbonyl (C=O) groups is 1. The highest BCUT2D eigenvalue weighted by Crippen LogP contribution is 2.67. The van der Waals surface area contributed by atoms with E-state index in [2.05, 4.69) is 22.9 Å². The minimum absolute atomic E-state index is 0.109. The maximum absolute atomic E-state index is 12.6. The predicted octanol–water partition coefficient (Wildman–Crippen LogP) is 4.60. The summed E-state index contributed by atoms with van der Waals surface area (Å²) in [5.74, 6) is 3.49. The zero-order valence-electron chi connectivity index (χ0n) is 16.4. The van der Waals surface area contributed by atoms with E-state index in [1.165, 1.54) is 32.1 Å². The van der Waals surface area contributed by atoms with Crippen molar-refractivity contribution in [3.05, 3.63) is 0 Å². The highest BCUT2D eigenvalue weighted by molar-refractivity contribution is 9.09. The van der Waals surface area contributed by atoms with Crippen LogP contribution >= 0.6 is 15.9 Å². The molecule has 26 heavy (non-hydrogen) atoms. The van der Waals surface area contributed by atoms with Gasteiger partial charge in [-0.1, -0.05) is 22.9 Å². The van der Waals surface area contributed by atoms with Gasteiger partial charge in [0.05, 0.1) is 18.0 Å². The summed E-state index contributed by atoms with van der Waals surface area (Å²) in [5, 5.41) is 10.8. The van der Waals surface area contributed by atoms with E-state index in [-0.39, 0.29) is 22.9 Å². The Balaban J connectivity index is 1.63. The van der Waals surface area contributed by atoms with E-state index in [1.54, 1.807) is 0 Å². The molecule has 3 nitrogen and oxygen atoms in total. The number of aliphatic hydroxyl groups is 1. The number of hydrogen-bond donors (Lipinski definition) is 1. The van der Waals surface area contributed by atoms with E-state index < -0.39 is 0 Å². The molecular formula is C22H35BrO3. The fourth-order valence-electron chi connectivity index (χ4n) is 8.20. The molecule has 0 amide bonds. The molecule has 4 fully saturated rings. The largest absolute Gasteiger partial charge is 0.393 e. The van der Waals surface area contributed by atoms with Crippen LogP contribution in [0.25, 0.3) is 0 Å². The van der Waals surface area contributed by atoms with Gasteiger partial charge in [0.15, 0.2) is 0 Å². The molecule has 0 aromatic carbocycles. The van der Waals surface area contributed by atoms with Gasteiger partial charge in [0.25, 0.3) is 0 Å². The van der Waals surface area contributed by atoms with Gasteiger partial charge in [-0.2, -0.15) is 0 Å². The number of Topliss-reactive ketones (excluding diaryl/α,β-unsaturated/α-hetero) is 1. The van der Waals surface area contributed by atoms with Gasteiger partial charge in [-0.15, -0.1) is 0 Å². The molecule has 0 spiro atoms. The molecule has 0 saturated heterocycles. The summed E-state index contributed by atoms with van der Waals surface area (Å²) in [6, 6.07) is 0. The van der Waals surface area contributed by atoms with E-state index in [4.69, 9.17) is 4.74 Å². The summed E-state index contributed by atoms with van der Waals surface area (Å²) in [4.78, 5) is 12.6. The van der Waals surface area contributed by atoms with Crippen LogP contribution in [0.4, 0.5) is 0 Å². The van der Waals surface area contributed by atoms with Crippen LogP contribution in [0.3, 0.4) is 0 Å². The lowest BCUT2D eigenvalue weighted by molar-refractivity contribution is -0.160. The Bertz CT molecular complexity index is 552. The van der Waals surface area contributed by atoms with Crippen molar-refractivity contribution in [2.45, 2.75) is 70.8 Å². The molecule has 4 aliphatic carbocycles. The van der Waals surface area contributed by atoms with Gasteiger partial charge in [0, 0.05) is 13.0 Å². The topological polar surface area (TPSA) is 46.5 Å². The highest BCUT2D eigenvalue weighted by atomic mass is 79.9. The smallest absolute Gasteiger partial charge is 0.147 e. The summed E-state index contributed by atoms with van der Waals surface area (Å²) >= 11 is 3.42. The second kappa shape index (κ2) is 7.15. The number of ether oxygens (including phenoxy) is 1. The molecule has 148 valence electrons. The third kappa shape index (κ3) is 2.76. The van der Waals surface area contributed by atoms with Crippen molar-refractivity contribution in [3.63, 3.8) is 0 Å². The minimum Gasteiger partial charge on any atom is -0.393 e. The Morgan fingerprint density at radius 1 is 1.12 bits per heavy atom. The van der Waals surface area contributed by atoms with Crippen molar-refractivity contribution in [1.82, 2.24) is 0 Å². The number of hydrogen-bond acceptors (Lipinski definition) is 3. The Morgan fingerprint density at radius 3 is 2.65 bits per heavy atom. The van der Waals surface area contributed by atoms with E-state index in [0.717, 1.165) is 44.1 Å². The van der Waals surface area contributed by atoms with Gasteiger partial charge in [-0.25, -0.2) is 0 Å². The molecule has 4 rings (SSSR count). The van der Waals surface area contributed by atoms with Gasteiger partial charge in [-0.3, -0.25) is 4.79 Å². The molecule has 0 aromatic rings. The molecular weight excluding hydrogens is 392 g/mol. The maximum atomic E-state index is 12.6. The third-order valence-electron chi connectivity index (χ3n) is 9.27. The van der Waals surface area contributed by atoms with Crippen LogP contribution in [-0.4, -0.2) is 36.0 Å². The Hall–Kier alpha value is 0.0700. The number of fused-ring (bicyclic) bond motifs is 5. The lowest BCUT2D eigenvalue weighted by Gasteiger charge is -2.61.